The minimum absolute atomic E-state index is 0.707. The van der Waals surface area contributed by atoms with Crippen LogP contribution in [0, 0.1) is 0 Å². The molecule has 1 aromatic rings. The Balaban J connectivity index is 2.45. The van der Waals surface area contributed by atoms with Crippen molar-refractivity contribution in [3.8, 4) is 0 Å². The van der Waals surface area contributed by atoms with Gasteiger partial charge in [0, 0.05) is 13.1 Å². The van der Waals surface area contributed by atoms with E-state index in [1.807, 2.05) is 4.57 Å². The number of aromatic nitrogens is 3. The largest absolute Gasteiger partial charge is 0.303 e. The molecule has 10 heavy (non-hydrogen) atoms. The van der Waals surface area contributed by atoms with Crippen LogP contribution < -0.4 is 5.32 Å². The molecule has 5 heteroatoms. The number of hydrogen-bond donors (Lipinski definition) is 0. The second-order valence-electron chi connectivity index (χ2n) is 2.14. The Morgan fingerprint density at radius 1 is 1.40 bits per heavy atom. The monoisotopic (exact) mass is 201 g/mol. The van der Waals surface area contributed by atoms with Crippen LogP contribution >= 0.6 is 15.9 Å². The lowest BCUT2D eigenvalue weighted by molar-refractivity contribution is 0.492. The van der Waals surface area contributed by atoms with E-state index in [9.17, 15) is 0 Å². The van der Waals surface area contributed by atoms with E-state index in [-0.39, 0.29) is 0 Å². The smallest absolute Gasteiger partial charge is 0.200 e. The van der Waals surface area contributed by atoms with Crippen LogP contribution in [-0.4, -0.2) is 21.3 Å². The van der Waals surface area contributed by atoms with Gasteiger partial charge in [-0.25, -0.2) is 5.32 Å². The van der Waals surface area contributed by atoms with E-state index in [0.29, 0.717) is 6.54 Å². The van der Waals surface area contributed by atoms with Gasteiger partial charge >= 0.3 is 0 Å². The van der Waals surface area contributed by atoms with Crippen LogP contribution in [0.5, 0.6) is 0 Å². The number of rotatable bonds is 0. The van der Waals surface area contributed by atoms with E-state index in [0.717, 1.165) is 23.6 Å². The first-order valence-corrected chi connectivity index (χ1v) is 3.88. The highest BCUT2D eigenvalue weighted by atomic mass is 79.9. The summed E-state index contributed by atoms with van der Waals surface area (Å²) in [4.78, 5) is 0. The molecule has 1 aromatic heterocycles. The Labute approximate surface area is 66.8 Å². The summed E-state index contributed by atoms with van der Waals surface area (Å²) in [6.45, 7) is 2.49. The summed E-state index contributed by atoms with van der Waals surface area (Å²) < 4.78 is 2.85. The minimum Gasteiger partial charge on any atom is -0.303 e. The van der Waals surface area contributed by atoms with Crippen molar-refractivity contribution in [1.29, 1.82) is 0 Å². The van der Waals surface area contributed by atoms with E-state index in [1.54, 1.807) is 0 Å². The maximum Gasteiger partial charge on any atom is 0.200 e. The molecule has 0 fully saturated rings. The van der Waals surface area contributed by atoms with Crippen LogP contribution in [0.2, 0.25) is 0 Å². The van der Waals surface area contributed by atoms with Gasteiger partial charge in [0.25, 0.3) is 0 Å². The average Bonchev–Trinajstić information content (AvgIpc) is 2.34. The van der Waals surface area contributed by atoms with Gasteiger partial charge in [-0.2, -0.15) is 0 Å². The highest BCUT2D eigenvalue weighted by molar-refractivity contribution is 9.10. The summed E-state index contributed by atoms with van der Waals surface area (Å²) >= 11 is 3.30. The first-order chi connectivity index (χ1) is 4.88. The van der Waals surface area contributed by atoms with Crippen molar-refractivity contribution in [2.75, 3.05) is 6.54 Å². The molecule has 0 saturated heterocycles. The summed E-state index contributed by atoms with van der Waals surface area (Å²) in [7, 11) is 0. The van der Waals surface area contributed by atoms with Gasteiger partial charge in [0.15, 0.2) is 4.73 Å². The van der Waals surface area contributed by atoms with Crippen LogP contribution in [0.15, 0.2) is 4.73 Å². The molecule has 4 nitrogen and oxygen atoms in total. The van der Waals surface area contributed by atoms with Crippen LogP contribution in [0.1, 0.15) is 5.82 Å². The van der Waals surface area contributed by atoms with Crippen molar-refractivity contribution in [3.05, 3.63) is 10.6 Å². The van der Waals surface area contributed by atoms with Crippen molar-refractivity contribution in [1.82, 2.24) is 20.1 Å². The molecular formula is C5H6BrN4. The molecule has 0 spiro atoms. The predicted molar refractivity (Wildman–Crippen MR) is 38.4 cm³/mol. The normalized spacial score (nSPS) is 16.9. The van der Waals surface area contributed by atoms with Crippen molar-refractivity contribution >= 4 is 15.9 Å². The quantitative estimate of drug-likeness (QED) is 0.601. The first-order valence-electron chi connectivity index (χ1n) is 3.09. The lowest BCUT2D eigenvalue weighted by atomic mass is 10.4. The summed E-state index contributed by atoms with van der Waals surface area (Å²) in [6.07, 6.45) is 0. The summed E-state index contributed by atoms with van der Waals surface area (Å²) in [6, 6.07) is 0. The fourth-order valence-corrected chi connectivity index (χ4v) is 1.46. The topological polar surface area (TPSA) is 44.8 Å². The molecule has 0 unspecified atom stereocenters. The fraction of sp³-hybridized carbons (Fsp3) is 0.600. The third-order valence-corrected chi connectivity index (χ3v) is 2.10. The standard InChI is InChI=1S/C5H6BrN4/c6-5-9-8-4-3-7-1-2-10(4)5/h1-3H2. The average molecular weight is 202 g/mol. The molecule has 0 aromatic carbocycles. The minimum atomic E-state index is 0.707. The van der Waals surface area contributed by atoms with Crippen molar-refractivity contribution in [3.63, 3.8) is 0 Å². The fourth-order valence-electron chi connectivity index (χ4n) is 1.00. The van der Waals surface area contributed by atoms with Crippen molar-refractivity contribution < 1.29 is 0 Å². The van der Waals surface area contributed by atoms with E-state index >= 15 is 0 Å². The van der Waals surface area contributed by atoms with Gasteiger partial charge in [0.05, 0.1) is 6.54 Å². The van der Waals surface area contributed by atoms with Crippen LogP contribution in [0.4, 0.5) is 0 Å². The zero-order valence-corrected chi connectivity index (χ0v) is 6.87. The Kier molecular flexibility index (Phi) is 1.46. The van der Waals surface area contributed by atoms with Crippen LogP contribution in [-0.2, 0) is 13.1 Å². The Bertz CT molecular complexity index is 244. The van der Waals surface area contributed by atoms with Gasteiger partial charge in [-0.1, -0.05) is 0 Å². The molecule has 0 saturated carbocycles. The van der Waals surface area contributed by atoms with E-state index in [4.69, 9.17) is 0 Å². The number of nitrogens with zero attached hydrogens (tertiary/aromatic N) is 4. The van der Waals surface area contributed by atoms with Crippen molar-refractivity contribution in [2.45, 2.75) is 13.1 Å². The maximum absolute atomic E-state index is 4.19. The second-order valence-corrected chi connectivity index (χ2v) is 2.85. The number of fused-ring (bicyclic) bond motifs is 1. The van der Waals surface area contributed by atoms with Gasteiger partial charge in [0.2, 0.25) is 0 Å². The van der Waals surface area contributed by atoms with E-state index in [1.165, 1.54) is 0 Å². The predicted octanol–water partition coefficient (Wildman–Crippen LogP) is 0.159. The van der Waals surface area contributed by atoms with Crippen LogP contribution in [0.3, 0.4) is 0 Å². The van der Waals surface area contributed by atoms with Gasteiger partial charge in [-0.15, -0.1) is 10.2 Å². The first kappa shape index (κ1) is 6.30. The Hall–Kier alpha value is -0.420. The molecular weight excluding hydrogens is 196 g/mol. The summed E-state index contributed by atoms with van der Waals surface area (Å²) in [5, 5.41) is 12.0. The van der Waals surface area contributed by atoms with Gasteiger partial charge in [0.1, 0.15) is 5.82 Å². The van der Waals surface area contributed by atoms with Gasteiger partial charge < -0.3 is 4.57 Å². The molecule has 1 aliphatic heterocycles. The van der Waals surface area contributed by atoms with Crippen molar-refractivity contribution in [2.24, 2.45) is 0 Å². The lowest BCUT2D eigenvalue weighted by Crippen LogP contribution is -2.23. The Morgan fingerprint density at radius 3 is 3.10 bits per heavy atom. The third kappa shape index (κ3) is 0.856. The molecule has 2 heterocycles. The van der Waals surface area contributed by atoms with E-state index < -0.39 is 0 Å². The zero-order chi connectivity index (χ0) is 6.97. The summed E-state index contributed by atoms with van der Waals surface area (Å²) in [5.41, 5.74) is 0. The molecule has 0 bridgehead atoms. The van der Waals surface area contributed by atoms with Gasteiger partial charge in [-0.05, 0) is 15.9 Å². The molecule has 0 N–H and O–H groups in total. The maximum atomic E-state index is 4.19. The SMILES string of the molecule is Brc1nnc2n1CC[N]C2. The molecule has 2 rings (SSSR count). The molecule has 0 aliphatic carbocycles. The molecule has 0 amide bonds. The highest BCUT2D eigenvalue weighted by Crippen LogP contribution is 2.11. The third-order valence-electron chi connectivity index (χ3n) is 1.52. The number of halogens is 1. The molecule has 0 atom stereocenters. The highest BCUT2D eigenvalue weighted by Gasteiger charge is 2.13. The molecule has 1 radical (unpaired) electrons. The van der Waals surface area contributed by atoms with Gasteiger partial charge in [-0.3, -0.25) is 0 Å². The second kappa shape index (κ2) is 2.32. The molecule has 53 valence electrons. The zero-order valence-electron chi connectivity index (χ0n) is 5.29. The lowest BCUT2D eigenvalue weighted by Gasteiger charge is -2.12. The van der Waals surface area contributed by atoms with E-state index in [2.05, 4.69) is 31.4 Å². The summed E-state index contributed by atoms with van der Waals surface area (Å²) in [5.74, 6) is 0.957. The Morgan fingerprint density at radius 2 is 2.30 bits per heavy atom. The number of hydrogen-bond acceptors (Lipinski definition) is 2. The van der Waals surface area contributed by atoms with Crippen LogP contribution in [0.25, 0.3) is 0 Å². The molecule has 1 aliphatic rings.